The van der Waals surface area contributed by atoms with Crippen molar-refractivity contribution in [2.45, 2.75) is 6.54 Å². The standard InChI is InChI=1S/C24H16F2N2/c25-22-10-4-1-7-17(22)15-28-16-19(21-9-3-6-12-24(21)28)13-18(14-27)20-8-2-5-11-23(20)26/h1-13,16H,15H2. The van der Waals surface area contributed by atoms with E-state index in [1.807, 2.05) is 35.0 Å². The maximum absolute atomic E-state index is 14.1. The summed E-state index contributed by atoms with van der Waals surface area (Å²) >= 11 is 0. The number of nitrogens with zero attached hydrogens (tertiary/aromatic N) is 2. The number of para-hydroxylation sites is 1. The van der Waals surface area contributed by atoms with Crippen LogP contribution >= 0.6 is 0 Å². The molecule has 0 fully saturated rings. The molecule has 4 heteroatoms. The normalized spacial score (nSPS) is 11.5. The molecule has 0 saturated heterocycles. The molecule has 1 aromatic heterocycles. The second-order valence-electron chi connectivity index (χ2n) is 6.47. The van der Waals surface area contributed by atoms with Gasteiger partial charge < -0.3 is 4.57 Å². The van der Waals surface area contributed by atoms with Gasteiger partial charge in [0.25, 0.3) is 0 Å². The van der Waals surface area contributed by atoms with Gasteiger partial charge in [-0.25, -0.2) is 8.78 Å². The number of halogens is 2. The van der Waals surface area contributed by atoms with Crippen molar-refractivity contribution >= 4 is 22.6 Å². The Morgan fingerprint density at radius 2 is 1.57 bits per heavy atom. The number of benzene rings is 3. The Morgan fingerprint density at radius 1 is 0.893 bits per heavy atom. The molecular weight excluding hydrogens is 354 g/mol. The first kappa shape index (κ1) is 17.7. The summed E-state index contributed by atoms with van der Waals surface area (Å²) in [5.41, 5.74) is 2.78. The van der Waals surface area contributed by atoms with E-state index < -0.39 is 5.82 Å². The summed E-state index contributed by atoms with van der Waals surface area (Å²) in [6.07, 6.45) is 3.55. The molecule has 0 bridgehead atoms. The van der Waals surface area contributed by atoms with E-state index in [0.29, 0.717) is 12.1 Å². The zero-order valence-corrected chi connectivity index (χ0v) is 14.9. The molecule has 0 saturated carbocycles. The van der Waals surface area contributed by atoms with Gasteiger partial charge in [-0.1, -0.05) is 54.6 Å². The predicted molar refractivity (Wildman–Crippen MR) is 107 cm³/mol. The first-order valence-corrected chi connectivity index (χ1v) is 8.85. The van der Waals surface area contributed by atoms with E-state index in [1.54, 1.807) is 42.5 Å². The highest BCUT2D eigenvalue weighted by molar-refractivity contribution is 5.98. The van der Waals surface area contributed by atoms with Gasteiger partial charge in [0, 0.05) is 33.8 Å². The first-order chi connectivity index (χ1) is 13.7. The Hall–Kier alpha value is -3.71. The van der Waals surface area contributed by atoms with Crippen molar-refractivity contribution in [1.82, 2.24) is 4.57 Å². The van der Waals surface area contributed by atoms with Gasteiger partial charge in [0.05, 0.1) is 18.2 Å². The number of fused-ring (bicyclic) bond motifs is 1. The molecule has 0 N–H and O–H groups in total. The maximum Gasteiger partial charge on any atom is 0.131 e. The van der Waals surface area contributed by atoms with E-state index in [2.05, 4.69) is 6.07 Å². The Kier molecular flexibility index (Phi) is 4.74. The van der Waals surface area contributed by atoms with Crippen molar-refractivity contribution in [3.63, 3.8) is 0 Å². The van der Waals surface area contributed by atoms with Gasteiger partial charge in [-0.05, 0) is 24.3 Å². The molecule has 0 aliphatic heterocycles. The average molecular weight is 370 g/mol. The summed E-state index contributed by atoms with van der Waals surface area (Å²) < 4.78 is 30.2. The highest BCUT2D eigenvalue weighted by Gasteiger charge is 2.12. The number of hydrogen-bond acceptors (Lipinski definition) is 1. The number of hydrogen-bond donors (Lipinski definition) is 0. The van der Waals surface area contributed by atoms with Gasteiger partial charge in [-0.2, -0.15) is 5.26 Å². The zero-order chi connectivity index (χ0) is 19.5. The Labute approximate surface area is 161 Å². The third-order valence-corrected chi connectivity index (χ3v) is 4.70. The van der Waals surface area contributed by atoms with Crippen LogP contribution in [0.15, 0.2) is 79.0 Å². The largest absolute Gasteiger partial charge is 0.342 e. The summed E-state index contributed by atoms with van der Waals surface area (Å²) in [4.78, 5) is 0. The Balaban J connectivity index is 1.84. The molecule has 0 unspecified atom stereocenters. The van der Waals surface area contributed by atoms with E-state index in [9.17, 15) is 14.0 Å². The number of allylic oxidation sites excluding steroid dienone is 1. The molecule has 0 spiro atoms. The molecule has 28 heavy (non-hydrogen) atoms. The Bertz CT molecular complexity index is 1230. The van der Waals surface area contributed by atoms with Gasteiger partial charge in [0.1, 0.15) is 11.6 Å². The van der Waals surface area contributed by atoms with Crippen LogP contribution in [0, 0.1) is 23.0 Å². The lowest BCUT2D eigenvalue weighted by Crippen LogP contribution is -2.00. The minimum atomic E-state index is -0.439. The van der Waals surface area contributed by atoms with Gasteiger partial charge in [-0.3, -0.25) is 0 Å². The summed E-state index contributed by atoms with van der Waals surface area (Å²) in [6, 6.07) is 22.7. The van der Waals surface area contributed by atoms with Crippen molar-refractivity contribution in [2.24, 2.45) is 0 Å². The van der Waals surface area contributed by atoms with Crippen LogP contribution in [0.3, 0.4) is 0 Å². The van der Waals surface area contributed by atoms with Crippen LogP contribution in [-0.2, 0) is 6.54 Å². The number of nitriles is 1. The molecule has 0 atom stereocenters. The SMILES string of the molecule is N#CC(=Cc1cn(Cc2ccccc2F)c2ccccc12)c1ccccc1F. The van der Waals surface area contributed by atoms with Crippen LogP contribution in [0.25, 0.3) is 22.6 Å². The van der Waals surface area contributed by atoms with Gasteiger partial charge in [0.2, 0.25) is 0 Å². The van der Waals surface area contributed by atoms with Crippen LogP contribution in [0.5, 0.6) is 0 Å². The number of aromatic nitrogens is 1. The van der Waals surface area contributed by atoms with Gasteiger partial charge >= 0.3 is 0 Å². The van der Waals surface area contributed by atoms with E-state index in [1.165, 1.54) is 12.1 Å². The van der Waals surface area contributed by atoms with E-state index in [0.717, 1.165) is 16.5 Å². The third-order valence-electron chi connectivity index (χ3n) is 4.70. The molecule has 0 aliphatic carbocycles. The lowest BCUT2D eigenvalue weighted by atomic mass is 10.0. The smallest absolute Gasteiger partial charge is 0.131 e. The molecule has 0 aliphatic rings. The van der Waals surface area contributed by atoms with Crippen molar-refractivity contribution in [3.8, 4) is 6.07 Å². The van der Waals surface area contributed by atoms with Crippen LogP contribution in [0.2, 0.25) is 0 Å². The summed E-state index contributed by atoms with van der Waals surface area (Å²) in [5.74, 6) is -0.702. The molecule has 2 nitrogen and oxygen atoms in total. The molecule has 0 amide bonds. The zero-order valence-electron chi connectivity index (χ0n) is 14.9. The second-order valence-corrected chi connectivity index (χ2v) is 6.47. The fourth-order valence-corrected chi connectivity index (χ4v) is 3.34. The van der Waals surface area contributed by atoms with E-state index >= 15 is 0 Å². The summed E-state index contributed by atoms with van der Waals surface area (Å²) in [7, 11) is 0. The molecule has 0 radical (unpaired) electrons. The first-order valence-electron chi connectivity index (χ1n) is 8.85. The van der Waals surface area contributed by atoms with Crippen molar-refractivity contribution in [3.05, 3.63) is 107 Å². The fourth-order valence-electron chi connectivity index (χ4n) is 3.34. The molecule has 3 aromatic carbocycles. The van der Waals surface area contributed by atoms with Crippen LogP contribution in [0.4, 0.5) is 8.78 Å². The van der Waals surface area contributed by atoms with E-state index in [-0.39, 0.29) is 17.0 Å². The molecular formula is C24H16F2N2. The second kappa shape index (κ2) is 7.50. The number of rotatable bonds is 4. The lowest BCUT2D eigenvalue weighted by Gasteiger charge is -2.06. The highest BCUT2D eigenvalue weighted by Crippen LogP contribution is 2.28. The topological polar surface area (TPSA) is 28.7 Å². The fraction of sp³-hybridized carbons (Fsp3) is 0.0417. The lowest BCUT2D eigenvalue weighted by molar-refractivity contribution is 0.602. The van der Waals surface area contributed by atoms with E-state index in [4.69, 9.17) is 0 Å². The average Bonchev–Trinajstić information content (AvgIpc) is 3.06. The monoisotopic (exact) mass is 370 g/mol. The summed E-state index contributed by atoms with van der Waals surface area (Å²) in [5, 5.41) is 10.5. The third kappa shape index (κ3) is 3.30. The van der Waals surface area contributed by atoms with Crippen LogP contribution in [-0.4, -0.2) is 4.57 Å². The minimum Gasteiger partial charge on any atom is -0.342 e. The molecule has 4 rings (SSSR count). The van der Waals surface area contributed by atoms with Gasteiger partial charge in [0.15, 0.2) is 0 Å². The Morgan fingerprint density at radius 3 is 2.32 bits per heavy atom. The van der Waals surface area contributed by atoms with Crippen molar-refractivity contribution in [2.75, 3.05) is 0 Å². The van der Waals surface area contributed by atoms with Crippen LogP contribution < -0.4 is 0 Å². The maximum atomic E-state index is 14.1. The molecule has 4 aromatic rings. The predicted octanol–water partition coefficient (Wildman–Crippen LogP) is 6.03. The highest BCUT2D eigenvalue weighted by atomic mass is 19.1. The quantitative estimate of drug-likeness (QED) is 0.403. The minimum absolute atomic E-state index is 0.242. The molecule has 1 heterocycles. The van der Waals surface area contributed by atoms with Crippen LogP contribution in [0.1, 0.15) is 16.7 Å². The van der Waals surface area contributed by atoms with Gasteiger partial charge in [-0.15, -0.1) is 0 Å². The van der Waals surface area contributed by atoms with Crippen molar-refractivity contribution in [1.29, 1.82) is 5.26 Å². The molecule has 136 valence electrons. The summed E-state index contributed by atoms with van der Waals surface area (Å²) in [6.45, 7) is 0.364. The van der Waals surface area contributed by atoms with Crippen molar-refractivity contribution < 1.29 is 8.78 Å².